The third-order valence-corrected chi connectivity index (χ3v) is 5.50. The standard InChI is InChI=1S/C17H22O5/c1-8-5-13(21-10(3)18)15(19)17(4)7-14-11(6-12(8)17)9(2)16(20)22-14/h11,13-15,19H,2,5-7H2,1,3-4H3. The topological polar surface area (TPSA) is 72.8 Å². The lowest BCUT2D eigenvalue weighted by Gasteiger charge is -2.50. The second-order valence-electron chi connectivity index (χ2n) is 6.96. The summed E-state index contributed by atoms with van der Waals surface area (Å²) in [7, 11) is 0. The van der Waals surface area contributed by atoms with Crippen molar-refractivity contribution in [2.75, 3.05) is 0 Å². The number of esters is 2. The van der Waals surface area contributed by atoms with E-state index in [-0.39, 0.29) is 18.0 Å². The number of aliphatic hydroxyl groups is 1. The zero-order chi connectivity index (χ0) is 16.2. The smallest absolute Gasteiger partial charge is 0.334 e. The Morgan fingerprint density at radius 2 is 2.14 bits per heavy atom. The van der Waals surface area contributed by atoms with Crippen molar-refractivity contribution in [1.29, 1.82) is 0 Å². The predicted molar refractivity (Wildman–Crippen MR) is 78.7 cm³/mol. The van der Waals surface area contributed by atoms with Crippen molar-refractivity contribution in [2.24, 2.45) is 11.3 Å². The minimum Gasteiger partial charge on any atom is -0.459 e. The number of fused-ring (bicyclic) bond motifs is 2. The zero-order valence-corrected chi connectivity index (χ0v) is 13.2. The van der Waals surface area contributed by atoms with Crippen molar-refractivity contribution >= 4 is 11.9 Å². The summed E-state index contributed by atoms with van der Waals surface area (Å²) in [6, 6.07) is 0. The maximum absolute atomic E-state index is 11.8. The van der Waals surface area contributed by atoms with Crippen molar-refractivity contribution in [1.82, 2.24) is 0 Å². The summed E-state index contributed by atoms with van der Waals surface area (Å²) in [4.78, 5) is 23.0. The molecule has 1 saturated heterocycles. The van der Waals surface area contributed by atoms with Gasteiger partial charge in [0.15, 0.2) is 0 Å². The quantitative estimate of drug-likeness (QED) is 0.455. The molecule has 1 N–H and O–H groups in total. The van der Waals surface area contributed by atoms with E-state index < -0.39 is 23.6 Å². The van der Waals surface area contributed by atoms with Crippen molar-refractivity contribution in [3.8, 4) is 0 Å². The molecule has 1 heterocycles. The molecule has 0 aromatic heterocycles. The second-order valence-corrected chi connectivity index (χ2v) is 6.96. The molecular weight excluding hydrogens is 284 g/mol. The first kappa shape index (κ1) is 15.3. The van der Waals surface area contributed by atoms with Gasteiger partial charge in [0.1, 0.15) is 18.3 Å². The van der Waals surface area contributed by atoms with Gasteiger partial charge in [-0.15, -0.1) is 0 Å². The summed E-state index contributed by atoms with van der Waals surface area (Å²) in [5.41, 5.74) is 2.28. The molecule has 0 radical (unpaired) electrons. The molecular formula is C17H22O5. The van der Waals surface area contributed by atoms with Crippen molar-refractivity contribution in [3.05, 3.63) is 23.3 Å². The summed E-state index contributed by atoms with van der Waals surface area (Å²) in [6.07, 6.45) is 0.179. The highest BCUT2D eigenvalue weighted by molar-refractivity contribution is 5.91. The third-order valence-electron chi connectivity index (χ3n) is 5.50. The number of hydrogen-bond acceptors (Lipinski definition) is 5. The van der Waals surface area contributed by atoms with Gasteiger partial charge in [0.25, 0.3) is 0 Å². The third kappa shape index (κ3) is 2.10. The van der Waals surface area contributed by atoms with Crippen LogP contribution in [0.5, 0.6) is 0 Å². The van der Waals surface area contributed by atoms with E-state index in [2.05, 4.69) is 6.58 Å². The number of hydrogen-bond donors (Lipinski definition) is 1. The lowest BCUT2D eigenvalue weighted by Crippen LogP contribution is -2.52. The lowest BCUT2D eigenvalue weighted by molar-refractivity contribution is -0.161. The van der Waals surface area contributed by atoms with E-state index in [1.807, 2.05) is 13.8 Å². The summed E-state index contributed by atoms with van der Waals surface area (Å²) in [6.45, 7) is 9.18. The van der Waals surface area contributed by atoms with E-state index in [4.69, 9.17) is 9.47 Å². The summed E-state index contributed by atoms with van der Waals surface area (Å²) >= 11 is 0. The number of aliphatic hydroxyl groups excluding tert-OH is 1. The number of carbonyl (C=O) groups excluding carboxylic acids is 2. The number of carbonyl (C=O) groups is 2. The van der Waals surface area contributed by atoms with Crippen LogP contribution >= 0.6 is 0 Å². The normalized spacial score (nSPS) is 40.9. The van der Waals surface area contributed by atoms with Crippen LogP contribution in [-0.2, 0) is 19.1 Å². The Labute approximate surface area is 130 Å². The summed E-state index contributed by atoms with van der Waals surface area (Å²) in [5.74, 6) is -0.720. The van der Waals surface area contributed by atoms with Gasteiger partial charge in [0.05, 0.1) is 0 Å². The molecule has 0 bridgehead atoms. The van der Waals surface area contributed by atoms with Gasteiger partial charge in [-0.05, 0) is 19.8 Å². The van der Waals surface area contributed by atoms with E-state index in [1.54, 1.807) is 0 Å². The average molecular weight is 306 g/mol. The molecule has 5 nitrogen and oxygen atoms in total. The Morgan fingerprint density at radius 1 is 1.45 bits per heavy atom. The van der Waals surface area contributed by atoms with Gasteiger partial charge in [-0.25, -0.2) is 4.79 Å². The Bertz CT molecular complexity index is 590. The highest BCUT2D eigenvalue weighted by Crippen LogP contribution is 2.55. The molecule has 22 heavy (non-hydrogen) atoms. The zero-order valence-electron chi connectivity index (χ0n) is 13.2. The highest BCUT2D eigenvalue weighted by Gasteiger charge is 2.55. The molecule has 1 saturated carbocycles. The summed E-state index contributed by atoms with van der Waals surface area (Å²) in [5, 5.41) is 10.8. The second kappa shape index (κ2) is 4.95. The Morgan fingerprint density at radius 3 is 2.77 bits per heavy atom. The van der Waals surface area contributed by atoms with Crippen LogP contribution in [0.3, 0.4) is 0 Å². The number of rotatable bonds is 1. The van der Waals surface area contributed by atoms with Crippen molar-refractivity contribution in [3.63, 3.8) is 0 Å². The molecule has 1 aliphatic heterocycles. The van der Waals surface area contributed by atoms with Gasteiger partial charge in [-0.2, -0.15) is 0 Å². The fourth-order valence-corrected chi connectivity index (χ4v) is 4.33. The number of ether oxygens (including phenoxy) is 2. The molecule has 5 heteroatoms. The van der Waals surface area contributed by atoms with E-state index in [9.17, 15) is 14.7 Å². The van der Waals surface area contributed by atoms with Crippen molar-refractivity contribution in [2.45, 2.75) is 58.3 Å². The Balaban J connectivity index is 1.96. The maximum Gasteiger partial charge on any atom is 0.334 e. The van der Waals surface area contributed by atoms with Gasteiger partial charge >= 0.3 is 11.9 Å². The first-order valence-corrected chi connectivity index (χ1v) is 7.68. The molecule has 3 rings (SSSR count). The average Bonchev–Trinajstić information content (AvgIpc) is 2.68. The fourth-order valence-electron chi connectivity index (χ4n) is 4.33. The lowest BCUT2D eigenvalue weighted by atomic mass is 9.58. The molecule has 2 aliphatic carbocycles. The molecule has 0 aromatic rings. The van der Waals surface area contributed by atoms with Gasteiger partial charge in [0.2, 0.25) is 0 Å². The highest BCUT2D eigenvalue weighted by atomic mass is 16.6. The van der Waals surface area contributed by atoms with Crippen molar-refractivity contribution < 1.29 is 24.2 Å². The van der Waals surface area contributed by atoms with Crippen LogP contribution < -0.4 is 0 Å². The van der Waals surface area contributed by atoms with Gasteiger partial charge in [0, 0.05) is 30.3 Å². The Hall–Kier alpha value is -1.62. The summed E-state index contributed by atoms with van der Waals surface area (Å²) < 4.78 is 10.7. The monoisotopic (exact) mass is 306 g/mol. The largest absolute Gasteiger partial charge is 0.459 e. The first-order chi connectivity index (χ1) is 10.2. The minimum absolute atomic E-state index is 0.00278. The van der Waals surface area contributed by atoms with Gasteiger partial charge in [-0.3, -0.25) is 4.79 Å². The molecule has 2 fully saturated rings. The van der Waals surface area contributed by atoms with Crippen LogP contribution in [0.2, 0.25) is 0 Å². The van der Waals surface area contributed by atoms with Gasteiger partial charge < -0.3 is 14.6 Å². The van der Waals surface area contributed by atoms with Crippen LogP contribution in [0.25, 0.3) is 0 Å². The minimum atomic E-state index is -0.788. The fraction of sp³-hybridized carbons (Fsp3) is 0.647. The molecule has 5 atom stereocenters. The molecule has 0 amide bonds. The molecule has 120 valence electrons. The van der Waals surface area contributed by atoms with Crippen LogP contribution in [0.15, 0.2) is 23.3 Å². The van der Waals surface area contributed by atoms with Crippen LogP contribution in [-0.4, -0.2) is 35.4 Å². The SMILES string of the molecule is C=C1C(=O)OC2CC3(C)C(=C(C)CC(OC(C)=O)C3O)CC12. The van der Waals surface area contributed by atoms with E-state index in [0.29, 0.717) is 24.8 Å². The molecule has 3 aliphatic rings. The van der Waals surface area contributed by atoms with Crippen LogP contribution in [0.1, 0.15) is 40.0 Å². The van der Waals surface area contributed by atoms with Crippen LogP contribution in [0.4, 0.5) is 0 Å². The first-order valence-electron chi connectivity index (χ1n) is 7.68. The van der Waals surface area contributed by atoms with E-state index >= 15 is 0 Å². The molecule has 0 spiro atoms. The van der Waals surface area contributed by atoms with Crippen LogP contribution in [0, 0.1) is 11.3 Å². The molecule has 5 unspecified atom stereocenters. The Kier molecular flexibility index (Phi) is 3.44. The van der Waals surface area contributed by atoms with Gasteiger partial charge in [-0.1, -0.05) is 24.6 Å². The van der Waals surface area contributed by atoms with E-state index in [0.717, 1.165) is 11.1 Å². The molecule has 0 aromatic carbocycles. The predicted octanol–water partition coefficient (Wildman–Crippen LogP) is 1.90. The van der Waals surface area contributed by atoms with E-state index in [1.165, 1.54) is 6.92 Å². The maximum atomic E-state index is 11.8.